The fourth-order valence-electron chi connectivity index (χ4n) is 2.83. The van der Waals surface area contributed by atoms with E-state index in [1.807, 2.05) is 4.90 Å². The van der Waals surface area contributed by atoms with Crippen LogP contribution in [0.15, 0.2) is 41.5 Å². The first-order chi connectivity index (χ1) is 12.8. The Balaban J connectivity index is 1.91. The molecular formula is C19H19ClFN3O2S. The summed E-state index contributed by atoms with van der Waals surface area (Å²) in [5.41, 5.74) is 0.742. The predicted molar refractivity (Wildman–Crippen MR) is 106 cm³/mol. The highest BCUT2D eigenvalue weighted by atomic mass is 35.5. The third-order valence-electron chi connectivity index (χ3n) is 4.00. The molecule has 0 bridgehead atoms. The molecule has 8 heteroatoms. The molecule has 27 heavy (non-hydrogen) atoms. The van der Waals surface area contributed by atoms with E-state index >= 15 is 0 Å². The number of carbonyl (C=O) groups excluding carboxylic acids is 1. The number of thioether (sulfide) groups is 1. The zero-order valence-electron chi connectivity index (χ0n) is 15.2. The van der Waals surface area contributed by atoms with Crippen molar-refractivity contribution in [2.75, 3.05) is 13.7 Å². The molecule has 142 valence electrons. The molecule has 1 fully saturated rings. The van der Waals surface area contributed by atoms with Gasteiger partial charge in [-0.15, -0.1) is 0 Å². The van der Waals surface area contributed by atoms with Crippen molar-refractivity contribution in [1.29, 1.82) is 0 Å². The number of nitrogens with zero attached hydrogens (tertiary/aromatic N) is 3. The molecular weight excluding hydrogens is 389 g/mol. The summed E-state index contributed by atoms with van der Waals surface area (Å²) in [6, 6.07) is 8.17. The smallest absolute Gasteiger partial charge is 0.283 e. The highest BCUT2D eigenvalue weighted by Gasteiger charge is 2.36. The van der Waals surface area contributed by atoms with Gasteiger partial charge in [-0.05, 0) is 38.1 Å². The van der Waals surface area contributed by atoms with E-state index in [4.69, 9.17) is 16.3 Å². The van der Waals surface area contributed by atoms with E-state index in [1.165, 1.54) is 31.1 Å². The van der Waals surface area contributed by atoms with Crippen molar-refractivity contribution in [3.63, 3.8) is 0 Å². The average Bonchev–Trinajstić information content (AvgIpc) is 2.90. The molecule has 2 heterocycles. The lowest BCUT2D eigenvalue weighted by atomic mass is 10.2. The van der Waals surface area contributed by atoms with Gasteiger partial charge in [0.05, 0.1) is 12.7 Å². The van der Waals surface area contributed by atoms with Gasteiger partial charge in [-0.3, -0.25) is 4.79 Å². The molecule has 2 aromatic rings. The van der Waals surface area contributed by atoms with Crippen molar-refractivity contribution in [1.82, 2.24) is 9.88 Å². The first kappa shape index (κ1) is 19.6. The minimum atomic E-state index is -0.519. The van der Waals surface area contributed by atoms with Crippen molar-refractivity contribution >= 4 is 34.4 Å². The predicted octanol–water partition coefficient (Wildman–Crippen LogP) is 4.41. The Labute approximate surface area is 166 Å². The zero-order chi connectivity index (χ0) is 19.6. The van der Waals surface area contributed by atoms with E-state index in [9.17, 15) is 9.18 Å². The van der Waals surface area contributed by atoms with Crippen LogP contribution in [0.3, 0.4) is 0 Å². The molecule has 0 radical (unpaired) electrons. The lowest BCUT2D eigenvalue weighted by Gasteiger charge is -2.19. The summed E-state index contributed by atoms with van der Waals surface area (Å²) in [5, 5.41) is 0.961. The topological polar surface area (TPSA) is 54.8 Å². The summed E-state index contributed by atoms with van der Waals surface area (Å²) in [6.07, 6.45) is 1.41. The fourth-order valence-corrected chi connectivity index (χ4v) is 4.10. The van der Waals surface area contributed by atoms with Gasteiger partial charge in [0.2, 0.25) is 5.95 Å². The van der Waals surface area contributed by atoms with Crippen LogP contribution < -0.4 is 4.74 Å². The Morgan fingerprint density at radius 1 is 1.44 bits per heavy atom. The first-order valence-electron chi connectivity index (χ1n) is 8.29. The normalized spacial score (nSPS) is 17.4. The van der Waals surface area contributed by atoms with E-state index in [0.29, 0.717) is 28.0 Å². The molecule has 5 nitrogen and oxygen atoms in total. The number of aliphatic imine (C=N–C) groups is 1. The van der Waals surface area contributed by atoms with Gasteiger partial charge in [0.15, 0.2) is 5.17 Å². The molecule has 0 N–H and O–H groups in total. The van der Waals surface area contributed by atoms with E-state index in [0.717, 1.165) is 0 Å². The number of pyridine rings is 1. The number of hydrogen-bond donors (Lipinski definition) is 0. The molecule has 0 spiro atoms. The Bertz CT molecular complexity index is 904. The van der Waals surface area contributed by atoms with Gasteiger partial charge < -0.3 is 9.64 Å². The highest BCUT2D eigenvalue weighted by Crippen LogP contribution is 2.37. The Morgan fingerprint density at radius 3 is 2.93 bits per heavy atom. The van der Waals surface area contributed by atoms with Crippen LogP contribution in [0.2, 0.25) is 5.02 Å². The summed E-state index contributed by atoms with van der Waals surface area (Å²) in [6.45, 7) is 5.02. The average molecular weight is 408 g/mol. The van der Waals surface area contributed by atoms with Crippen LogP contribution in [0.5, 0.6) is 5.75 Å². The van der Waals surface area contributed by atoms with Gasteiger partial charge in [-0.25, -0.2) is 4.98 Å². The maximum atomic E-state index is 14.0. The van der Waals surface area contributed by atoms with Crippen LogP contribution in [-0.4, -0.2) is 39.4 Å². The number of aromatic nitrogens is 1. The molecule has 1 saturated heterocycles. The van der Waals surface area contributed by atoms with Crippen molar-refractivity contribution < 1.29 is 13.9 Å². The van der Waals surface area contributed by atoms with Gasteiger partial charge in [-0.1, -0.05) is 29.4 Å². The Morgan fingerprint density at radius 2 is 2.22 bits per heavy atom. The fraction of sp³-hybridized carbons (Fsp3) is 0.316. The number of amidine groups is 1. The zero-order valence-corrected chi connectivity index (χ0v) is 16.8. The van der Waals surface area contributed by atoms with Gasteiger partial charge in [0.1, 0.15) is 5.75 Å². The molecule has 1 aliphatic heterocycles. The van der Waals surface area contributed by atoms with Crippen LogP contribution >= 0.6 is 23.4 Å². The number of benzene rings is 1. The van der Waals surface area contributed by atoms with E-state index in [-0.39, 0.29) is 16.9 Å². The number of ether oxygens (including phenoxy) is 1. The molecule has 0 saturated carbocycles. The number of halogens is 2. The van der Waals surface area contributed by atoms with Crippen molar-refractivity contribution in [2.45, 2.75) is 25.1 Å². The van der Waals surface area contributed by atoms with Crippen molar-refractivity contribution in [3.05, 3.63) is 58.6 Å². The van der Waals surface area contributed by atoms with Gasteiger partial charge in [-0.2, -0.15) is 9.38 Å². The minimum Gasteiger partial charge on any atom is -0.496 e. The van der Waals surface area contributed by atoms with Crippen LogP contribution in [0.4, 0.5) is 4.39 Å². The maximum absolute atomic E-state index is 14.0. The van der Waals surface area contributed by atoms with Gasteiger partial charge >= 0.3 is 0 Å². The molecule has 1 aliphatic rings. The number of rotatable bonds is 4. The lowest BCUT2D eigenvalue weighted by molar-refractivity contribution is 0.0998. The second-order valence-electron chi connectivity index (χ2n) is 6.72. The molecule has 1 aromatic carbocycles. The minimum absolute atomic E-state index is 0.157. The van der Waals surface area contributed by atoms with Gasteiger partial charge in [0, 0.05) is 34.6 Å². The molecule has 0 aliphatic carbocycles. The van der Waals surface area contributed by atoms with Crippen LogP contribution in [-0.2, 0) is 6.54 Å². The summed E-state index contributed by atoms with van der Waals surface area (Å²) in [5.74, 6) is -0.568. The SMILES string of the molecule is COc1ccc(Cl)cc1C(=O)N=C1SC(C)(C)CN1Cc1cccnc1F. The number of amides is 1. The summed E-state index contributed by atoms with van der Waals surface area (Å²) in [4.78, 5) is 22.6. The van der Waals surface area contributed by atoms with Crippen LogP contribution in [0.1, 0.15) is 29.8 Å². The molecule has 1 amide bonds. The highest BCUT2D eigenvalue weighted by molar-refractivity contribution is 8.15. The second kappa shape index (κ2) is 7.86. The van der Waals surface area contributed by atoms with Gasteiger partial charge in [0.25, 0.3) is 5.91 Å². The van der Waals surface area contributed by atoms with Crippen molar-refractivity contribution in [2.24, 2.45) is 4.99 Å². The lowest BCUT2D eigenvalue weighted by Crippen LogP contribution is -2.29. The number of carbonyl (C=O) groups is 1. The first-order valence-corrected chi connectivity index (χ1v) is 9.48. The summed E-state index contributed by atoms with van der Waals surface area (Å²) >= 11 is 7.49. The Hall–Kier alpha value is -2.12. The number of hydrogen-bond acceptors (Lipinski definition) is 4. The molecule has 1 aromatic heterocycles. The van der Waals surface area contributed by atoms with E-state index in [1.54, 1.807) is 24.3 Å². The van der Waals surface area contributed by atoms with Crippen LogP contribution in [0, 0.1) is 5.95 Å². The molecule has 0 unspecified atom stereocenters. The largest absolute Gasteiger partial charge is 0.496 e. The van der Waals surface area contributed by atoms with Crippen LogP contribution in [0.25, 0.3) is 0 Å². The summed E-state index contributed by atoms with van der Waals surface area (Å²) < 4.78 is 19.0. The monoisotopic (exact) mass is 407 g/mol. The molecule has 3 rings (SSSR count). The van der Waals surface area contributed by atoms with E-state index < -0.39 is 11.9 Å². The quantitative estimate of drug-likeness (QED) is 0.703. The molecule has 0 atom stereocenters. The third kappa shape index (κ3) is 4.59. The maximum Gasteiger partial charge on any atom is 0.283 e. The number of methoxy groups -OCH3 is 1. The standard InChI is InChI=1S/C19H19ClFN3O2S/c1-19(2)11-24(10-12-5-4-8-22-16(12)21)18(27-19)23-17(25)14-9-13(20)6-7-15(14)26-3/h4-9H,10-11H2,1-3H3. The Kier molecular flexibility index (Phi) is 5.72. The summed E-state index contributed by atoms with van der Waals surface area (Å²) in [7, 11) is 1.48. The van der Waals surface area contributed by atoms with E-state index in [2.05, 4.69) is 23.8 Å². The van der Waals surface area contributed by atoms with Crippen molar-refractivity contribution in [3.8, 4) is 5.75 Å². The third-order valence-corrected chi connectivity index (χ3v) is 5.45. The second-order valence-corrected chi connectivity index (χ2v) is 8.83.